The minimum atomic E-state index is -4.70. The Morgan fingerprint density at radius 3 is 1.77 bits per heavy atom. The Labute approximate surface area is 331 Å². The molecule has 14 heteroatoms. The van der Waals surface area contributed by atoms with Crippen LogP contribution in [0.1, 0.15) is 53.0 Å². The minimum Gasteiger partial charge on any atom is -0.493 e. The molecule has 56 heavy (non-hydrogen) atoms. The number of benzene rings is 4. The van der Waals surface area contributed by atoms with E-state index in [0.717, 1.165) is 36.6 Å². The molecule has 0 spiro atoms. The summed E-state index contributed by atoms with van der Waals surface area (Å²) < 4.78 is 95.1. The molecule has 298 valence electrons. The first-order valence-electron chi connectivity index (χ1n) is 18.3. The van der Waals surface area contributed by atoms with Gasteiger partial charge in [0, 0.05) is 54.0 Å². The van der Waals surface area contributed by atoms with Crippen molar-refractivity contribution in [3.05, 3.63) is 129 Å². The molecule has 0 aliphatic carbocycles. The second-order valence-corrected chi connectivity index (χ2v) is 15.3. The number of nitrogens with zero attached hydrogens (tertiary/aromatic N) is 2. The van der Waals surface area contributed by atoms with Crippen LogP contribution >= 0.6 is 23.2 Å². The number of amides is 2. The fourth-order valence-corrected chi connectivity index (χ4v) is 7.61. The summed E-state index contributed by atoms with van der Waals surface area (Å²) in [6.45, 7) is 1.38. The van der Waals surface area contributed by atoms with E-state index in [4.69, 9.17) is 32.7 Å². The van der Waals surface area contributed by atoms with Crippen molar-refractivity contribution in [2.24, 2.45) is 11.8 Å². The number of piperidine rings is 2. The molecule has 0 bridgehead atoms. The van der Waals surface area contributed by atoms with E-state index in [0.29, 0.717) is 28.7 Å². The predicted molar refractivity (Wildman–Crippen MR) is 201 cm³/mol. The number of hydrogen-bond donors (Lipinski definition) is 0. The van der Waals surface area contributed by atoms with Gasteiger partial charge in [-0.25, -0.2) is 0 Å². The highest BCUT2D eigenvalue weighted by Crippen LogP contribution is 2.41. The maximum Gasteiger partial charge on any atom is 0.416 e. The molecule has 2 saturated heterocycles. The summed E-state index contributed by atoms with van der Waals surface area (Å²) in [4.78, 5) is 30.1. The number of likely N-dealkylation sites (tertiary alicyclic amines) is 2. The third-order valence-electron chi connectivity index (χ3n) is 10.2. The summed E-state index contributed by atoms with van der Waals surface area (Å²) in [5, 5.41) is 1.07. The molecular weight excluding hydrogens is 781 g/mol. The SMILES string of the molecule is O=C(Cc1ccc(Cl)cc1)N1CCC[C@@H](COc2ccc(C(F)(F)F)c(C3C[C@H](COc4ccc(C(F)(F)F)cc4)CN(C(=O)Cc4ccc(Cl)cc4)C3)c2)C1. The van der Waals surface area contributed by atoms with Crippen molar-refractivity contribution in [1.29, 1.82) is 0 Å². The van der Waals surface area contributed by atoms with Crippen molar-refractivity contribution in [2.75, 3.05) is 39.4 Å². The number of ether oxygens (including phenoxy) is 2. The standard InChI is InChI=1S/C42H40Cl2F6N2O4/c43-33-9-3-27(4-10-33)19-39(53)51-17-1-2-29(22-51)25-56-36-15-16-38(42(48,49)50)37(21-36)31-18-30(26-55-35-13-7-32(8-14-35)41(45,46)47)23-52(24-31)40(54)20-28-5-11-34(44)12-6-28/h3-16,21,29-31H,1-2,17-20,22-26H2/t29-,30+,31?/m1/s1. The molecule has 0 N–H and O–H groups in total. The van der Waals surface area contributed by atoms with Crippen LogP contribution in [0.15, 0.2) is 91.0 Å². The summed E-state index contributed by atoms with van der Waals surface area (Å²) in [5.41, 5.74) is -0.190. The van der Waals surface area contributed by atoms with Gasteiger partial charge in [-0.3, -0.25) is 9.59 Å². The lowest BCUT2D eigenvalue weighted by Gasteiger charge is -2.39. The Hall–Kier alpha value is -4.42. The second kappa shape index (κ2) is 17.8. The molecule has 2 heterocycles. The molecule has 0 radical (unpaired) electrons. The van der Waals surface area contributed by atoms with Crippen molar-refractivity contribution in [3.63, 3.8) is 0 Å². The van der Waals surface area contributed by atoms with Crippen LogP contribution in [0.4, 0.5) is 26.3 Å². The summed E-state index contributed by atoms with van der Waals surface area (Å²) in [5.74, 6) is -1.18. The minimum absolute atomic E-state index is 0.00303. The summed E-state index contributed by atoms with van der Waals surface area (Å²) in [7, 11) is 0. The van der Waals surface area contributed by atoms with Crippen LogP contribution in [0.2, 0.25) is 10.0 Å². The van der Waals surface area contributed by atoms with Crippen LogP contribution in [-0.2, 0) is 34.8 Å². The van der Waals surface area contributed by atoms with Gasteiger partial charge in [-0.1, -0.05) is 47.5 Å². The van der Waals surface area contributed by atoms with Crippen LogP contribution in [-0.4, -0.2) is 61.0 Å². The number of rotatable bonds is 11. The molecule has 4 aromatic carbocycles. The van der Waals surface area contributed by atoms with E-state index in [1.54, 1.807) is 41.3 Å². The van der Waals surface area contributed by atoms with Crippen LogP contribution < -0.4 is 9.47 Å². The van der Waals surface area contributed by atoms with Gasteiger partial charge in [-0.05, 0) is 103 Å². The van der Waals surface area contributed by atoms with Crippen molar-refractivity contribution < 1.29 is 45.4 Å². The van der Waals surface area contributed by atoms with Crippen molar-refractivity contribution in [3.8, 4) is 11.5 Å². The number of halogens is 8. The summed E-state index contributed by atoms with van der Waals surface area (Å²) in [6.07, 6.45) is -7.25. The molecule has 2 aliphatic heterocycles. The van der Waals surface area contributed by atoms with E-state index in [-0.39, 0.29) is 80.4 Å². The summed E-state index contributed by atoms with van der Waals surface area (Å²) >= 11 is 12.0. The zero-order valence-corrected chi connectivity index (χ0v) is 31.7. The fourth-order valence-electron chi connectivity index (χ4n) is 7.35. The van der Waals surface area contributed by atoms with E-state index in [2.05, 4.69) is 0 Å². The average molecular weight is 822 g/mol. The molecule has 2 fully saturated rings. The molecular formula is C42H40Cl2F6N2O4. The number of alkyl halides is 6. The zero-order valence-electron chi connectivity index (χ0n) is 30.2. The summed E-state index contributed by atoms with van der Waals surface area (Å²) in [6, 6.07) is 21.6. The average Bonchev–Trinajstić information content (AvgIpc) is 3.17. The highest BCUT2D eigenvalue weighted by Gasteiger charge is 2.39. The predicted octanol–water partition coefficient (Wildman–Crippen LogP) is 10.1. The molecule has 0 saturated carbocycles. The van der Waals surface area contributed by atoms with Gasteiger partial charge in [0.2, 0.25) is 11.8 Å². The normalized spacial score (nSPS) is 19.1. The lowest BCUT2D eigenvalue weighted by Crippen LogP contribution is -2.45. The Bertz CT molecular complexity index is 1960. The topological polar surface area (TPSA) is 59.1 Å². The molecule has 6 rings (SSSR count). The Balaban J connectivity index is 1.18. The van der Waals surface area contributed by atoms with Crippen LogP contribution in [0.25, 0.3) is 0 Å². The highest BCUT2D eigenvalue weighted by molar-refractivity contribution is 6.30. The van der Waals surface area contributed by atoms with E-state index < -0.39 is 35.3 Å². The second-order valence-electron chi connectivity index (χ2n) is 14.4. The number of hydrogen-bond acceptors (Lipinski definition) is 4. The van der Waals surface area contributed by atoms with Gasteiger partial charge in [0.05, 0.1) is 37.2 Å². The first-order valence-corrected chi connectivity index (χ1v) is 19.0. The maximum absolute atomic E-state index is 14.6. The van der Waals surface area contributed by atoms with Gasteiger partial charge in [-0.15, -0.1) is 0 Å². The molecule has 3 atom stereocenters. The first-order chi connectivity index (χ1) is 26.6. The third-order valence-corrected chi connectivity index (χ3v) is 10.7. The molecule has 2 amide bonds. The van der Waals surface area contributed by atoms with Crippen LogP contribution in [0.5, 0.6) is 11.5 Å². The fraction of sp³-hybridized carbons (Fsp3) is 0.381. The quantitative estimate of drug-likeness (QED) is 0.142. The molecule has 0 aromatic heterocycles. The number of carbonyl (C=O) groups excluding carboxylic acids is 2. The monoisotopic (exact) mass is 820 g/mol. The largest absolute Gasteiger partial charge is 0.493 e. The van der Waals surface area contributed by atoms with Gasteiger partial charge >= 0.3 is 12.4 Å². The van der Waals surface area contributed by atoms with E-state index >= 15 is 0 Å². The highest BCUT2D eigenvalue weighted by atomic mass is 35.5. The van der Waals surface area contributed by atoms with Crippen molar-refractivity contribution in [2.45, 2.75) is 50.4 Å². The van der Waals surface area contributed by atoms with Crippen LogP contribution in [0.3, 0.4) is 0 Å². The van der Waals surface area contributed by atoms with Gasteiger partial charge < -0.3 is 19.3 Å². The smallest absolute Gasteiger partial charge is 0.416 e. The first kappa shape index (κ1) is 41.2. The van der Waals surface area contributed by atoms with E-state index in [1.807, 2.05) is 12.1 Å². The lowest BCUT2D eigenvalue weighted by molar-refractivity contribution is -0.139. The molecule has 2 aliphatic rings. The lowest BCUT2D eigenvalue weighted by atomic mass is 9.82. The van der Waals surface area contributed by atoms with Gasteiger partial charge in [-0.2, -0.15) is 26.3 Å². The zero-order chi connectivity index (χ0) is 40.0. The third kappa shape index (κ3) is 11.1. The van der Waals surface area contributed by atoms with Gasteiger partial charge in [0.15, 0.2) is 0 Å². The van der Waals surface area contributed by atoms with Gasteiger partial charge in [0.1, 0.15) is 11.5 Å². The van der Waals surface area contributed by atoms with Gasteiger partial charge in [0.25, 0.3) is 0 Å². The van der Waals surface area contributed by atoms with E-state index in [1.165, 1.54) is 29.2 Å². The van der Waals surface area contributed by atoms with E-state index in [9.17, 15) is 35.9 Å². The Kier molecular flexibility index (Phi) is 13.1. The Morgan fingerprint density at radius 2 is 1.18 bits per heavy atom. The molecule has 4 aromatic rings. The van der Waals surface area contributed by atoms with Crippen molar-refractivity contribution in [1.82, 2.24) is 9.80 Å². The molecule has 6 nitrogen and oxygen atoms in total. The Morgan fingerprint density at radius 1 is 0.643 bits per heavy atom. The van der Waals surface area contributed by atoms with Crippen LogP contribution in [0, 0.1) is 11.8 Å². The maximum atomic E-state index is 14.6. The number of carbonyl (C=O) groups is 2. The van der Waals surface area contributed by atoms with Crippen molar-refractivity contribution >= 4 is 35.0 Å². The molecule has 1 unspecified atom stereocenters.